The molecule has 21 heavy (non-hydrogen) atoms. The number of aryl methyl sites for hydroxylation is 1. The molecule has 2 aromatic rings. The first kappa shape index (κ1) is 15.6. The monoisotopic (exact) mass is 287 g/mol. The number of hydrogen-bond donors (Lipinski definition) is 2. The lowest BCUT2D eigenvalue weighted by atomic mass is 10.1. The van der Waals surface area contributed by atoms with Crippen molar-refractivity contribution in [2.75, 3.05) is 24.2 Å². The molecule has 0 amide bonds. The molecule has 0 bridgehead atoms. The molecule has 0 aliphatic rings. The first-order valence-electron chi connectivity index (χ1n) is 7.58. The van der Waals surface area contributed by atoms with Crippen LogP contribution in [0.5, 0.6) is 0 Å². The Bertz CT molecular complexity index is 596. The lowest BCUT2D eigenvalue weighted by molar-refractivity contribution is 0.0765. The van der Waals surface area contributed by atoms with Crippen LogP contribution in [0.3, 0.4) is 0 Å². The van der Waals surface area contributed by atoms with Crippen LogP contribution in [-0.4, -0.2) is 24.2 Å². The fourth-order valence-electron chi connectivity index (χ4n) is 2.29. The van der Waals surface area contributed by atoms with E-state index in [1.165, 1.54) is 0 Å². The smallest absolute Gasteiger partial charge is 0.0727 e. The molecular weight excluding hydrogens is 262 g/mol. The van der Waals surface area contributed by atoms with Gasteiger partial charge in [0.2, 0.25) is 0 Å². The number of pyridine rings is 1. The first-order valence-corrected chi connectivity index (χ1v) is 7.58. The van der Waals surface area contributed by atoms with Gasteiger partial charge in [-0.3, -0.25) is 4.98 Å². The lowest BCUT2D eigenvalue weighted by Gasteiger charge is -2.12. The standard InChI is InChI=1S/C17H25N3O/c1-12(2)21-9-5-4-8-19-17-10-13(3)20-16-7-6-14(18)11-15(16)17/h6-7,10-12H,4-5,8-9,18H2,1-3H3,(H,19,20). The van der Waals surface area contributed by atoms with Gasteiger partial charge < -0.3 is 15.8 Å². The molecule has 1 aromatic carbocycles. The van der Waals surface area contributed by atoms with Gasteiger partial charge in [-0.05, 0) is 57.9 Å². The predicted molar refractivity (Wildman–Crippen MR) is 89.7 cm³/mol. The molecule has 0 saturated heterocycles. The Morgan fingerprint density at radius 3 is 2.81 bits per heavy atom. The minimum atomic E-state index is 0.313. The number of rotatable bonds is 7. The molecule has 0 radical (unpaired) electrons. The molecule has 4 nitrogen and oxygen atoms in total. The second-order valence-electron chi connectivity index (χ2n) is 5.64. The summed E-state index contributed by atoms with van der Waals surface area (Å²) in [5, 5.41) is 4.58. The second-order valence-corrected chi connectivity index (χ2v) is 5.64. The van der Waals surface area contributed by atoms with Crippen LogP contribution in [0.1, 0.15) is 32.4 Å². The van der Waals surface area contributed by atoms with Gasteiger partial charge in [-0.15, -0.1) is 0 Å². The maximum absolute atomic E-state index is 5.88. The van der Waals surface area contributed by atoms with Crippen molar-refractivity contribution < 1.29 is 4.74 Å². The zero-order valence-corrected chi connectivity index (χ0v) is 13.1. The van der Waals surface area contributed by atoms with Gasteiger partial charge in [0.05, 0.1) is 11.6 Å². The quantitative estimate of drug-likeness (QED) is 0.601. The van der Waals surface area contributed by atoms with Gasteiger partial charge in [0.25, 0.3) is 0 Å². The Morgan fingerprint density at radius 1 is 1.24 bits per heavy atom. The summed E-state index contributed by atoms with van der Waals surface area (Å²) in [6, 6.07) is 7.92. The highest BCUT2D eigenvalue weighted by molar-refractivity contribution is 5.93. The molecule has 0 fully saturated rings. The number of nitrogen functional groups attached to an aromatic ring is 1. The Kier molecular flexibility index (Phi) is 5.39. The van der Waals surface area contributed by atoms with Crippen molar-refractivity contribution in [2.45, 2.75) is 39.7 Å². The van der Waals surface area contributed by atoms with E-state index in [1.807, 2.05) is 25.1 Å². The number of benzene rings is 1. The highest BCUT2D eigenvalue weighted by Gasteiger charge is 2.04. The van der Waals surface area contributed by atoms with E-state index in [0.29, 0.717) is 6.10 Å². The summed E-state index contributed by atoms with van der Waals surface area (Å²) < 4.78 is 5.54. The van der Waals surface area contributed by atoms with E-state index in [0.717, 1.165) is 54.0 Å². The fraction of sp³-hybridized carbons (Fsp3) is 0.471. The van der Waals surface area contributed by atoms with Gasteiger partial charge in [-0.25, -0.2) is 0 Å². The number of fused-ring (bicyclic) bond motifs is 1. The number of aromatic nitrogens is 1. The van der Waals surface area contributed by atoms with Gasteiger partial charge in [0.1, 0.15) is 0 Å². The summed E-state index contributed by atoms with van der Waals surface area (Å²) in [7, 11) is 0. The summed E-state index contributed by atoms with van der Waals surface area (Å²) in [6.45, 7) is 7.89. The Morgan fingerprint density at radius 2 is 2.05 bits per heavy atom. The normalized spacial score (nSPS) is 11.2. The van der Waals surface area contributed by atoms with Crippen LogP contribution in [0.15, 0.2) is 24.3 Å². The summed E-state index contributed by atoms with van der Waals surface area (Å²) in [5.74, 6) is 0. The van der Waals surface area contributed by atoms with Crippen LogP contribution >= 0.6 is 0 Å². The third kappa shape index (κ3) is 4.60. The highest BCUT2D eigenvalue weighted by atomic mass is 16.5. The first-order chi connectivity index (χ1) is 10.1. The van der Waals surface area contributed by atoms with Crippen LogP contribution in [0.2, 0.25) is 0 Å². The van der Waals surface area contributed by atoms with Gasteiger partial charge in [-0.1, -0.05) is 0 Å². The number of hydrogen-bond acceptors (Lipinski definition) is 4. The van der Waals surface area contributed by atoms with Gasteiger partial charge >= 0.3 is 0 Å². The molecule has 4 heteroatoms. The molecule has 2 rings (SSSR count). The number of nitrogens with zero attached hydrogens (tertiary/aromatic N) is 1. The topological polar surface area (TPSA) is 60.2 Å². The van der Waals surface area contributed by atoms with Crippen molar-refractivity contribution in [3.05, 3.63) is 30.0 Å². The van der Waals surface area contributed by atoms with E-state index in [1.54, 1.807) is 0 Å². The lowest BCUT2D eigenvalue weighted by Crippen LogP contribution is -2.07. The van der Waals surface area contributed by atoms with E-state index < -0.39 is 0 Å². The summed E-state index contributed by atoms with van der Waals surface area (Å²) in [4.78, 5) is 4.54. The van der Waals surface area contributed by atoms with Crippen molar-refractivity contribution in [3.8, 4) is 0 Å². The third-order valence-corrected chi connectivity index (χ3v) is 3.30. The summed E-state index contributed by atoms with van der Waals surface area (Å²) in [6.07, 6.45) is 2.46. The number of nitrogens with two attached hydrogens (primary N) is 1. The van der Waals surface area contributed by atoms with Crippen LogP contribution < -0.4 is 11.1 Å². The van der Waals surface area contributed by atoms with Gasteiger partial charge in [-0.2, -0.15) is 0 Å². The molecular formula is C17H25N3O. The molecule has 0 aliphatic carbocycles. The Hall–Kier alpha value is -1.81. The van der Waals surface area contributed by atoms with Crippen molar-refractivity contribution in [1.29, 1.82) is 0 Å². The molecule has 1 aromatic heterocycles. The van der Waals surface area contributed by atoms with Crippen molar-refractivity contribution in [2.24, 2.45) is 0 Å². The molecule has 114 valence electrons. The van der Waals surface area contributed by atoms with E-state index in [-0.39, 0.29) is 0 Å². The van der Waals surface area contributed by atoms with E-state index >= 15 is 0 Å². The maximum Gasteiger partial charge on any atom is 0.0727 e. The van der Waals surface area contributed by atoms with Crippen LogP contribution in [0.4, 0.5) is 11.4 Å². The Balaban J connectivity index is 1.96. The largest absolute Gasteiger partial charge is 0.399 e. The number of ether oxygens (including phenoxy) is 1. The van der Waals surface area contributed by atoms with Crippen molar-refractivity contribution in [1.82, 2.24) is 4.98 Å². The van der Waals surface area contributed by atoms with E-state index in [2.05, 4.69) is 30.2 Å². The minimum Gasteiger partial charge on any atom is -0.399 e. The van der Waals surface area contributed by atoms with Gasteiger partial charge in [0, 0.05) is 35.6 Å². The zero-order chi connectivity index (χ0) is 15.2. The number of anilines is 2. The van der Waals surface area contributed by atoms with Crippen LogP contribution in [0.25, 0.3) is 10.9 Å². The average molecular weight is 287 g/mol. The summed E-state index contributed by atoms with van der Waals surface area (Å²) >= 11 is 0. The van der Waals surface area contributed by atoms with Gasteiger partial charge in [0.15, 0.2) is 0 Å². The van der Waals surface area contributed by atoms with Crippen LogP contribution in [-0.2, 0) is 4.74 Å². The zero-order valence-electron chi connectivity index (χ0n) is 13.1. The number of nitrogens with one attached hydrogen (secondary N) is 1. The number of unbranched alkanes of at least 4 members (excludes halogenated alkanes) is 1. The Labute approximate surface area is 126 Å². The molecule has 0 atom stereocenters. The molecule has 0 unspecified atom stereocenters. The van der Waals surface area contributed by atoms with Crippen molar-refractivity contribution >= 4 is 22.3 Å². The second kappa shape index (κ2) is 7.27. The van der Waals surface area contributed by atoms with E-state index in [4.69, 9.17) is 10.5 Å². The third-order valence-electron chi connectivity index (χ3n) is 3.30. The molecule has 0 saturated carbocycles. The fourth-order valence-corrected chi connectivity index (χ4v) is 2.29. The summed E-state index contributed by atoms with van der Waals surface area (Å²) in [5.41, 5.74) is 9.75. The molecule has 0 spiro atoms. The molecule has 1 heterocycles. The van der Waals surface area contributed by atoms with E-state index in [9.17, 15) is 0 Å². The average Bonchev–Trinajstić information content (AvgIpc) is 2.42. The van der Waals surface area contributed by atoms with Crippen molar-refractivity contribution in [3.63, 3.8) is 0 Å². The molecule has 3 N–H and O–H groups in total. The maximum atomic E-state index is 5.88. The molecule has 0 aliphatic heterocycles. The van der Waals surface area contributed by atoms with Crippen LogP contribution in [0, 0.1) is 6.92 Å². The highest BCUT2D eigenvalue weighted by Crippen LogP contribution is 2.25. The SMILES string of the molecule is Cc1cc(NCCCCOC(C)C)c2cc(N)ccc2n1. The predicted octanol–water partition coefficient (Wildman–Crippen LogP) is 3.74. The minimum absolute atomic E-state index is 0.313.